The van der Waals surface area contributed by atoms with Gasteiger partial charge in [0.2, 0.25) is 0 Å². The number of hydrogen-bond acceptors (Lipinski definition) is 3. The van der Waals surface area contributed by atoms with Crippen molar-refractivity contribution in [2.75, 3.05) is 19.6 Å². The molecule has 3 heteroatoms. The second kappa shape index (κ2) is 12.0. The lowest BCUT2D eigenvalue weighted by Crippen LogP contribution is -2.36. The molecule has 0 rings (SSSR count). The molecule has 0 radical (unpaired) electrons. The molecule has 0 aromatic heterocycles. The summed E-state index contributed by atoms with van der Waals surface area (Å²) in [5, 5.41) is 0. The third-order valence-corrected chi connectivity index (χ3v) is 3.39. The molecule has 0 saturated heterocycles. The summed E-state index contributed by atoms with van der Waals surface area (Å²) in [7, 11) is 0. The highest BCUT2D eigenvalue weighted by molar-refractivity contribution is 5.72. The highest BCUT2D eigenvalue weighted by atomic mass is 16.6. The summed E-state index contributed by atoms with van der Waals surface area (Å²) in [4.78, 5) is 14.1. The fourth-order valence-corrected chi connectivity index (χ4v) is 2.44. The van der Waals surface area contributed by atoms with Gasteiger partial charge in [0.05, 0.1) is 6.54 Å². The minimum absolute atomic E-state index is 0.0982. The van der Waals surface area contributed by atoms with E-state index in [0.29, 0.717) is 6.54 Å². The summed E-state index contributed by atoms with van der Waals surface area (Å²) in [5.41, 5.74) is -0.381. The lowest BCUT2D eigenvalue weighted by Gasteiger charge is -2.24. The molecule has 0 aromatic rings. The van der Waals surface area contributed by atoms with E-state index >= 15 is 0 Å². The molecule has 0 spiro atoms. The maximum absolute atomic E-state index is 11.9. The van der Waals surface area contributed by atoms with Crippen LogP contribution in [0.4, 0.5) is 0 Å². The molecule has 0 unspecified atom stereocenters. The Morgan fingerprint density at radius 3 is 1.95 bits per heavy atom. The predicted molar refractivity (Wildman–Crippen MR) is 90.6 cm³/mol. The van der Waals surface area contributed by atoms with Crippen LogP contribution in [-0.2, 0) is 9.53 Å². The van der Waals surface area contributed by atoms with Gasteiger partial charge in [-0.1, -0.05) is 52.4 Å². The van der Waals surface area contributed by atoms with Gasteiger partial charge in [0.1, 0.15) is 5.60 Å². The topological polar surface area (TPSA) is 29.5 Å². The molecule has 21 heavy (non-hydrogen) atoms. The quantitative estimate of drug-likeness (QED) is 0.383. The molecule has 0 heterocycles. The highest BCUT2D eigenvalue weighted by Crippen LogP contribution is 2.10. The first kappa shape index (κ1) is 20.4. The SMILES string of the molecule is CCCCCCCCCN(CCC)CC(=O)OC(C)(C)C. The largest absolute Gasteiger partial charge is 0.459 e. The predicted octanol–water partition coefficient (Wildman–Crippen LogP) is 4.79. The van der Waals surface area contributed by atoms with E-state index in [1.54, 1.807) is 0 Å². The molecule has 0 bridgehead atoms. The van der Waals surface area contributed by atoms with Crippen LogP contribution in [-0.4, -0.2) is 36.1 Å². The summed E-state index contributed by atoms with van der Waals surface area (Å²) in [6.45, 7) is 12.6. The van der Waals surface area contributed by atoms with Gasteiger partial charge in [-0.25, -0.2) is 0 Å². The molecule has 0 aliphatic heterocycles. The number of nitrogens with zero attached hydrogens (tertiary/aromatic N) is 1. The molecule has 0 atom stereocenters. The molecule has 0 aliphatic carbocycles. The first-order chi connectivity index (χ1) is 9.89. The second-order valence-electron chi connectivity index (χ2n) is 6.98. The van der Waals surface area contributed by atoms with Gasteiger partial charge in [0.15, 0.2) is 0 Å². The van der Waals surface area contributed by atoms with Gasteiger partial charge < -0.3 is 4.74 Å². The van der Waals surface area contributed by atoms with Crippen molar-refractivity contribution in [2.24, 2.45) is 0 Å². The van der Waals surface area contributed by atoms with Crippen LogP contribution >= 0.6 is 0 Å². The maximum Gasteiger partial charge on any atom is 0.320 e. The van der Waals surface area contributed by atoms with E-state index in [-0.39, 0.29) is 11.6 Å². The van der Waals surface area contributed by atoms with Crippen molar-refractivity contribution in [3.8, 4) is 0 Å². The smallest absolute Gasteiger partial charge is 0.320 e. The number of esters is 1. The number of hydrogen-bond donors (Lipinski definition) is 0. The van der Waals surface area contributed by atoms with Crippen molar-refractivity contribution in [1.29, 1.82) is 0 Å². The Hall–Kier alpha value is -0.570. The van der Waals surface area contributed by atoms with Crippen LogP contribution in [0.1, 0.15) is 86.0 Å². The van der Waals surface area contributed by atoms with Gasteiger partial charge in [-0.2, -0.15) is 0 Å². The fourth-order valence-electron chi connectivity index (χ4n) is 2.44. The summed E-state index contributed by atoms with van der Waals surface area (Å²) in [6.07, 6.45) is 10.3. The maximum atomic E-state index is 11.9. The van der Waals surface area contributed by atoms with Crippen LogP contribution in [0.25, 0.3) is 0 Å². The Balaban J connectivity index is 3.83. The zero-order valence-electron chi connectivity index (χ0n) is 15.0. The molecule has 0 saturated carbocycles. The molecular weight excluding hydrogens is 262 g/mol. The number of ether oxygens (including phenoxy) is 1. The zero-order chi connectivity index (χ0) is 16.1. The lowest BCUT2D eigenvalue weighted by atomic mass is 10.1. The minimum Gasteiger partial charge on any atom is -0.459 e. The van der Waals surface area contributed by atoms with Crippen LogP contribution in [0.5, 0.6) is 0 Å². The van der Waals surface area contributed by atoms with Gasteiger partial charge >= 0.3 is 5.97 Å². The van der Waals surface area contributed by atoms with E-state index in [9.17, 15) is 4.79 Å². The Morgan fingerprint density at radius 2 is 1.43 bits per heavy atom. The van der Waals surface area contributed by atoms with Gasteiger partial charge in [0.25, 0.3) is 0 Å². The van der Waals surface area contributed by atoms with Crippen molar-refractivity contribution < 1.29 is 9.53 Å². The summed E-state index contributed by atoms with van der Waals surface area (Å²) in [5.74, 6) is -0.0982. The lowest BCUT2D eigenvalue weighted by molar-refractivity contribution is -0.156. The number of carbonyl (C=O) groups is 1. The van der Waals surface area contributed by atoms with E-state index in [0.717, 1.165) is 19.5 Å². The summed E-state index contributed by atoms with van der Waals surface area (Å²) >= 11 is 0. The van der Waals surface area contributed by atoms with Crippen LogP contribution in [0.2, 0.25) is 0 Å². The zero-order valence-corrected chi connectivity index (χ0v) is 15.0. The molecule has 126 valence electrons. The van der Waals surface area contributed by atoms with Crippen molar-refractivity contribution in [3.05, 3.63) is 0 Å². The average molecular weight is 299 g/mol. The van der Waals surface area contributed by atoms with Crippen molar-refractivity contribution >= 4 is 5.97 Å². The number of carbonyl (C=O) groups excluding carboxylic acids is 1. The first-order valence-electron chi connectivity index (χ1n) is 8.83. The molecule has 0 amide bonds. The van der Waals surface area contributed by atoms with Crippen molar-refractivity contribution in [1.82, 2.24) is 4.90 Å². The molecule has 0 N–H and O–H groups in total. The van der Waals surface area contributed by atoms with Crippen LogP contribution < -0.4 is 0 Å². The minimum atomic E-state index is -0.381. The van der Waals surface area contributed by atoms with Crippen LogP contribution in [0, 0.1) is 0 Å². The van der Waals surface area contributed by atoms with Crippen LogP contribution in [0.3, 0.4) is 0 Å². The van der Waals surface area contributed by atoms with E-state index in [1.807, 2.05) is 20.8 Å². The fraction of sp³-hybridized carbons (Fsp3) is 0.944. The molecule has 3 nitrogen and oxygen atoms in total. The van der Waals surface area contributed by atoms with Gasteiger partial charge in [0, 0.05) is 0 Å². The molecule has 0 fully saturated rings. The van der Waals surface area contributed by atoms with E-state index in [1.165, 1.54) is 44.9 Å². The standard InChI is InChI=1S/C18H37NO2/c1-6-8-9-10-11-12-13-15-19(14-7-2)16-17(20)21-18(3,4)5/h6-16H2,1-5H3. The Kier molecular flexibility index (Phi) is 11.7. The second-order valence-corrected chi connectivity index (χ2v) is 6.98. The normalized spacial score (nSPS) is 11.9. The number of unbranched alkanes of at least 4 members (excludes halogenated alkanes) is 6. The molecule has 0 aliphatic rings. The van der Waals surface area contributed by atoms with E-state index in [2.05, 4.69) is 18.7 Å². The summed E-state index contributed by atoms with van der Waals surface area (Å²) < 4.78 is 5.41. The Labute approximate surface area is 132 Å². The molecular formula is C18H37NO2. The third kappa shape index (κ3) is 14.1. The monoisotopic (exact) mass is 299 g/mol. The van der Waals surface area contributed by atoms with Crippen molar-refractivity contribution in [3.63, 3.8) is 0 Å². The molecule has 0 aromatic carbocycles. The first-order valence-corrected chi connectivity index (χ1v) is 8.83. The van der Waals surface area contributed by atoms with E-state index < -0.39 is 0 Å². The van der Waals surface area contributed by atoms with Crippen molar-refractivity contribution in [2.45, 2.75) is 91.6 Å². The Bertz CT molecular complexity index is 258. The van der Waals surface area contributed by atoms with E-state index in [4.69, 9.17) is 4.74 Å². The average Bonchev–Trinajstić information content (AvgIpc) is 2.35. The highest BCUT2D eigenvalue weighted by Gasteiger charge is 2.18. The number of rotatable bonds is 12. The van der Waals surface area contributed by atoms with Gasteiger partial charge in [-0.15, -0.1) is 0 Å². The van der Waals surface area contributed by atoms with Gasteiger partial charge in [-0.05, 0) is 46.7 Å². The van der Waals surface area contributed by atoms with Gasteiger partial charge in [-0.3, -0.25) is 9.69 Å². The Morgan fingerprint density at radius 1 is 0.857 bits per heavy atom. The van der Waals surface area contributed by atoms with Crippen LogP contribution in [0.15, 0.2) is 0 Å². The summed E-state index contributed by atoms with van der Waals surface area (Å²) in [6, 6.07) is 0. The third-order valence-electron chi connectivity index (χ3n) is 3.39.